The molecule has 108 valence electrons. The maximum Gasteiger partial charge on any atom is 0.256 e. The van der Waals surface area contributed by atoms with Crippen molar-refractivity contribution in [3.63, 3.8) is 0 Å². The zero-order chi connectivity index (χ0) is 15.2. The van der Waals surface area contributed by atoms with Gasteiger partial charge in [0.2, 0.25) is 5.91 Å². The van der Waals surface area contributed by atoms with Crippen LogP contribution in [0, 0.1) is 0 Å². The fraction of sp³-hybridized carbons (Fsp3) is 0.133. The molecule has 0 saturated heterocycles. The van der Waals surface area contributed by atoms with Gasteiger partial charge in [-0.25, -0.2) is 4.98 Å². The van der Waals surface area contributed by atoms with Gasteiger partial charge in [0, 0.05) is 25.2 Å². The first-order chi connectivity index (χ1) is 10.0. The normalized spacial score (nSPS) is 10.0. The van der Waals surface area contributed by atoms with E-state index in [0.29, 0.717) is 22.9 Å². The summed E-state index contributed by atoms with van der Waals surface area (Å²) in [7, 11) is 0. The molecule has 21 heavy (non-hydrogen) atoms. The van der Waals surface area contributed by atoms with Crippen molar-refractivity contribution in [2.24, 2.45) is 0 Å². The van der Waals surface area contributed by atoms with Gasteiger partial charge in [0.15, 0.2) is 0 Å². The number of aromatic nitrogens is 1. The van der Waals surface area contributed by atoms with Gasteiger partial charge in [-0.05, 0) is 29.8 Å². The molecule has 0 bridgehead atoms. The fourth-order valence-electron chi connectivity index (χ4n) is 1.64. The van der Waals surface area contributed by atoms with Crippen LogP contribution in [0.25, 0.3) is 0 Å². The Morgan fingerprint density at radius 3 is 2.43 bits per heavy atom. The van der Waals surface area contributed by atoms with Crippen LogP contribution >= 0.6 is 11.6 Å². The van der Waals surface area contributed by atoms with E-state index in [1.807, 2.05) is 0 Å². The fourth-order valence-corrected chi connectivity index (χ4v) is 1.75. The van der Waals surface area contributed by atoms with E-state index < -0.39 is 0 Å². The van der Waals surface area contributed by atoms with Crippen LogP contribution in [0.4, 0.5) is 5.82 Å². The van der Waals surface area contributed by atoms with Crippen LogP contribution < -0.4 is 10.6 Å². The molecule has 2 rings (SSSR count). The van der Waals surface area contributed by atoms with E-state index in [2.05, 4.69) is 15.6 Å². The Morgan fingerprint density at radius 1 is 1.14 bits per heavy atom. The number of carbonyl (C=O) groups excluding carboxylic acids is 2. The Labute approximate surface area is 127 Å². The number of nitrogens with zero attached hydrogens (tertiary/aromatic N) is 1. The van der Waals surface area contributed by atoms with Gasteiger partial charge in [-0.1, -0.05) is 23.7 Å². The minimum Gasteiger partial charge on any atom is -0.352 e. The molecule has 0 saturated carbocycles. The first-order valence-electron chi connectivity index (χ1n) is 6.31. The molecule has 2 amide bonds. The molecule has 0 fully saturated rings. The van der Waals surface area contributed by atoms with Crippen molar-refractivity contribution < 1.29 is 9.59 Å². The van der Waals surface area contributed by atoms with Gasteiger partial charge in [0.1, 0.15) is 5.82 Å². The predicted octanol–water partition coefficient (Wildman–Crippen LogP) is 2.62. The Hall–Kier alpha value is -2.40. The van der Waals surface area contributed by atoms with Crippen molar-refractivity contribution in [1.29, 1.82) is 0 Å². The zero-order valence-corrected chi connectivity index (χ0v) is 12.1. The monoisotopic (exact) mass is 303 g/mol. The van der Waals surface area contributed by atoms with Crippen molar-refractivity contribution in [3.05, 3.63) is 58.7 Å². The van der Waals surface area contributed by atoms with Crippen LogP contribution in [0.5, 0.6) is 0 Å². The van der Waals surface area contributed by atoms with Crippen LogP contribution in [-0.2, 0) is 11.3 Å². The first-order valence-corrected chi connectivity index (χ1v) is 6.68. The number of amides is 2. The summed E-state index contributed by atoms with van der Waals surface area (Å²) in [5.74, 6) is 0.0910. The highest BCUT2D eigenvalue weighted by Gasteiger charge is 2.06. The van der Waals surface area contributed by atoms with Crippen molar-refractivity contribution >= 4 is 29.2 Å². The van der Waals surface area contributed by atoms with E-state index in [0.717, 1.165) is 5.56 Å². The summed E-state index contributed by atoms with van der Waals surface area (Å²) in [5.41, 5.74) is 1.43. The summed E-state index contributed by atoms with van der Waals surface area (Å²) in [6.07, 6.45) is 1.47. The highest BCUT2D eigenvalue weighted by atomic mass is 35.5. The van der Waals surface area contributed by atoms with Crippen molar-refractivity contribution in [1.82, 2.24) is 10.3 Å². The Balaban J connectivity index is 1.99. The third-order valence-corrected chi connectivity index (χ3v) is 2.95. The smallest absolute Gasteiger partial charge is 0.256 e. The molecule has 2 N–H and O–H groups in total. The average Bonchev–Trinajstić information content (AvgIpc) is 2.48. The lowest BCUT2D eigenvalue weighted by Crippen LogP contribution is -2.19. The summed E-state index contributed by atoms with van der Waals surface area (Å²) in [6.45, 7) is 1.90. The number of carbonyl (C=O) groups is 2. The van der Waals surface area contributed by atoms with Crippen LogP contribution in [0.3, 0.4) is 0 Å². The van der Waals surface area contributed by atoms with Crippen molar-refractivity contribution in [2.45, 2.75) is 13.5 Å². The SMILES string of the molecule is CC(=O)NCc1ccc(C(=O)Nc2ccc(Cl)cn2)cc1. The molecule has 0 aliphatic carbocycles. The van der Waals surface area contributed by atoms with Gasteiger partial charge in [-0.2, -0.15) is 0 Å². The summed E-state index contributed by atoms with van der Waals surface area (Å²) in [6, 6.07) is 10.3. The molecule has 5 nitrogen and oxygen atoms in total. The summed E-state index contributed by atoms with van der Waals surface area (Å²) < 4.78 is 0. The third kappa shape index (κ3) is 4.57. The minimum atomic E-state index is -0.254. The number of anilines is 1. The maximum absolute atomic E-state index is 12.0. The van der Waals surface area contributed by atoms with Gasteiger partial charge in [0.25, 0.3) is 5.91 Å². The van der Waals surface area contributed by atoms with Crippen LogP contribution in [0.15, 0.2) is 42.6 Å². The van der Waals surface area contributed by atoms with Gasteiger partial charge in [-0.15, -0.1) is 0 Å². The standard InChI is InChI=1S/C15H14ClN3O2/c1-10(20)17-8-11-2-4-12(5-3-11)15(21)19-14-7-6-13(16)9-18-14/h2-7,9H,8H2,1H3,(H,17,20)(H,18,19,21). The molecular weight excluding hydrogens is 290 g/mol. The lowest BCUT2D eigenvalue weighted by atomic mass is 10.1. The Kier molecular flexibility index (Phi) is 4.90. The third-order valence-electron chi connectivity index (χ3n) is 2.73. The first kappa shape index (κ1) is 15.0. The van der Waals surface area contributed by atoms with Crippen molar-refractivity contribution in [2.75, 3.05) is 5.32 Å². The lowest BCUT2D eigenvalue weighted by Gasteiger charge is -2.06. The summed E-state index contributed by atoms with van der Waals surface area (Å²) in [5, 5.41) is 5.88. The second-order valence-electron chi connectivity index (χ2n) is 4.42. The highest BCUT2D eigenvalue weighted by Crippen LogP contribution is 2.11. The molecule has 0 radical (unpaired) electrons. The number of hydrogen-bond acceptors (Lipinski definition) is 3. The van der Waals surface area contributed by atoms with E-state index >= 15 is 0 Å². The zero-order valence-electron chi connectivity index (χ0n) is 11.4. The topological polar surface area (TPSA) is 71.1 Å². The molecule has 0 unspecified atom stereocenters. The molecular formula is C15H14ClN3O2. The van der Waals surface area contributed by atoms with Gasteiger partial charge in [-0.3, -0.25) is 9.59 Å². The summed E-state index contributed by atoms with van der Waals surface area (Å²) in [4.78, 5) is 26.8. The second-order valence-corrected chi connectivity index (χ2v) is 4.86. The van der Waals surface area contributed by atoms with E-state index in [1.165, 1.54) is 13.1 Å². The van der Waals surface area contributed by atoms with Gasteiger partial charge >= 0.3 is 0 Å². The van der Waals surface area contributed by atoms with Gasteiger partial charge < -0.3 is 10.6 Å². The number of halogens is 1. The average molecular weight is 304 g/mol. The minimum absolute atomic E-state index is 0.0920. The molecule has 1 aromatic heterocycles. The number of nitrogens with one attached hydrogen (secondary N) is 2. The molecule has 0 aliphatic rings. The van der Waals surface area contributed by atoms with Crippen molar-refractivity contribution in [3.8, 4) is 0 Å². The number of hydrogen-bond donors (Lipinski definition) is 2. The van der Waals surface area contributed by atoms with Crippen LogP contribution in [0.2, 0.25) is 5.02 Å². The summed E-state index contributed by atoms with van der Waals surface area (Å²) >= 11 is 5.73. The van der Waals surface area contributed by atoms with E-state index in [-0.39, 0.29) is 11.8 Å². The van der Waals surface area contributed by atoms with Crippen LogP contribution in [-0.4, -0.2) is 16.8 Å². The molecule has 6 heteroatoms. The highest BCUT2D eigenvalue weighted by molar-refractivity contribution is 6.30. The number of rotatable bonds is 4. The lowest BCUT2D eigenvalue weighted by molar-refractivity contribution is -0.119. The number of benzene rings is 1. The molecule has 1 aromatic carbocycles. The van der Waals surface area contributed by atoms with E-state index in [4.69, 9.17) is 11.6 Å². The maximum atomic E-state index is 12.0. The molecule has 1 heterocycles. The van der Waals surface area contributed by atoms with E-state index in [1.54, 1.807) is 36.4 Å². The molecule has 2 aromatic rings. The van der Waals surface area contributed by atoms with Crippen LogP contribution in [0.1, 0.15) is 22.8 Å². The molecule has 0 atom stereocenters. The second kappa shape index (κ2) is 6.85. The van der Waals surface area contributed by atoms with Gasteiger partial charge in [0.05, 0.1) is 5.02 Å². The quantitative estimate of drug-likeness (QED) is 0.912. The largest absolute Gasteiger partial charge is 0.352 e. The number of pyridine rings is 1. The van der Waals surface area contributed by atoms with E-state index in [9.17, 15) is 9.59 Å². The Bertz CT molecular complexity index is 639. The molecule has 0 aliphatic heterocycles. The predicted molar refractivity (Wildman–Crippen MR) is 81.2 cm³/mol. The molecule has 0 spiro atoms. The Morgan fingerprint density at radius 2 is 1.86 bits per heavy atom.